The van der Waals surface area contributed by atoms with Crippen LogP contribution in [0.25, 0.3) is 10.9 Å². The van der Waals surface area contributed by atoms with Gasteiger partial charge in [0, 0.05) is 16.1 Å². The van der Waals surface area contributed by atoms with Crippen LogP contribution in [0.15, 0.2) is 28.9 Å². The zero-order chi connectivity index (χ0) is 13.5. The molecule has 0 amide bonds. The first kappa shape index (κ1) is 13.1. The maximum absolute atomic E-state index is 10.0. The molecule has 0 radical (unpaired) electrons. The van der Waals surface area contributed by atoms with E-state index >= 15 is 0 Å². The van der Waals surface area contributed by atoms with Crippen molar-refractivity contribution in [1.29, 1.82) is 0 Å². The smallest absolute Gasteiger partial charge is 0.0924 e. The molecule has 1 fully saturated rings. The van der Waals surface area contributed by atoms with Crippen molar-refractivity contribution >= 4 is 26.8 Å². The molecule has 1 heterocycles. The van der Waals surface area contributed by atoms with E-state index in [1.54, 1.807) is 0 Å². The highest BCUT2D eigenvalue weighted by Crippen LogP contribution is 2.35. The number of fused-ring (bicyclic) bond motifs is 1. The van der Waals surface area contributed by atoms with Gasteiger partial charge in [-0.2, -0.15) is 5.10 Å². The summed E-state index contributed by atoms with van der Waals surface area (Å²) in [5, 5.41) is 24.9. The van der Waals surface area contributed by atoms with Gasteiger partial charge in [0.15, 0.2) is 0 Å². The zero-order valence-corrected chi connectivity index (χ0v) is 12.2. The molecule has 102 valence electrons. The second-order valence-corrected chi connectivity index (χ2v) is 6.34. The van der Waals surface area contributed by atoms with E-state index in [4.69, 9.17) is 0 Å². The summed E-state index contributed by atoms with van der Waals surface area (Å²) in [6.07, 6.45) is 5.04. The maximum atomic E-state index is 10.0. The van der Waals surface area contributed by atoms with Crippen LogP contribution in [-0.4, -0.2) is 32.2 Å². The number of aliphatic hydroxyl groups excluding tert-OH is 1. The van der Waals surface area contributed by atoms with Gasteiger partial charge < -0.3 is 10.2 Å². The van der Waals surface area contributed by atoms with E-state index in [1.807, 2.05) is 16.8 Å². The Hall–Kier alpha value is -0.910. The molecular weight excluding hydrogens is 308 g/mol. The second kappa shape index (κ2) is 4.89. The molecule has 0 bridgehead atoms. The average molecular weight is 325 g/mol. The molecule has 0 atom stereocenters. The number of rotatable bonds is 2. The fraction of sp³-hybridized carbons (Fsp3) is 0.500. The SMILES string of the molecule is OC[C@]1(O)CC[C@@H](n2cc3cc(Br)ccc3n2)CC1. The first-order valence-corrected chi connectivity index (χ1v) is 7.37. The van der Waals surface area contributed by atoms with Crippen molar-refractivity contribution in [2.75, 3.05) is 6.61 Å². The number of aliphatic hydroxyl groups is 2. The minimum absolute atomic E-state index is 0.145. The van der Waals surface area contributed by atoms with Gasteiger partial charge in [0.1, 0.15) is 0 Å². The van der Waals surface area contributed by atoms with Gasteiger partial charge in [-0.15, -0.1) is 0 Å². The molecule has 0 spiro atoms. The number of halogens is 1. The minimum atomic E-state index is -0.883. The Balaban J connectivity index is 1.82. The maximum Gasteiger partial charge on any atom is 0.0924 e. The molecule has 2 N–H and O–H groups in total. The molecule has 1 saturated carbocycles. The van der Waals surface area contributed by atoms with E-state index in [0.29, 0.717) is 18.9 Å². The summed E-state index contributed by atoms with van der Waals surface area (Å²) in [5.74, 6) is 0. The third-order valence-corrected chi connectivity index (χ3v) is 4.53. The molecule has 4 nitrogen and oxygen atoms in total. The Morgan fingerprint density at radius 3 is 2.79 bits per heavy atom. The average Bonchev–Trinajstić information content (AvgIpc) is 2.82. The summed E-state index contributed by atoms with van der Waals surface area (Å²) in [6.45, 7) is -0.145. The lowest BCUT2D eigenvalue weighted by Crippen LogP contribution is -2.38. The van der Waals surface area contributed by atoms with Crippen molar-refractivity contribution in [3.8, 4) is 0 Å². The molecule has 0 aliphatic heterocycles. The van der Waals surface area contributed by atoms with E-state index in [9.17, 15) is 10.2 Å². The molecule has 3 rings (SSSR count). The first-order chi connectivity index (χ1) is 9.09. The summed E-state index contributed by atoms with van der Waals surface area (Å²) in [6, 6.07) is 6.37. The topological polar surface area (TPSA) is 58.3 Å². The highest BCUT2D eigenvalue weighted by atomic mass is 79.9. The van der Waals surface area contributed by atoms with E-state index in [2.05, 4.69) is 33.3 Å². The Bertz CT molecular complexity index is 588. The number of benzene rings is 1. The molecule has 1 aromatic carbocycles. The molecule has 0 saturated heterocycles. The van der Waals surface area contributed by atoms with Gasteiger partial charge in [-0.3, -0.25) is 4.68 Å². The van der Waals surface area contributed by atoms with E-state index in [0.717, 1.165) is 28.2 Å². The van der Waals surface area contributed by atoms with Gasteiger partial charge >= 0.3 is 0 Å². The van der Waals surface area contributed by atoms with Crippen LogP contribution in [0.2, 0.25) is 0 Å². The molecule has 1 aromatic heterocycles. The predicted octanol–water partition coefficient (Wildman–Crippen LogP) is 2.64. The van der Waals surface area contributed by atoms with Gasteiger partial charge in [0.05, 0.1) is 23.8 Å². The van der Waals surface area contributed by atoms with E-state index in [1.165, 1.54) is 0 Å². The third kappa shape index (κ3) is 2.55. The molecular formula is C14H17BrN2O2. The van der Waals surface area contributed by atoms with Crippen LogP contribution in [0.5, 0.6) is 0 Å². The van der Waals surface area contributed by atoms with Crippen LogP contribution in [-0.2, 0) is 0 Å². The molecule has 19 heavy (non-hydrogen) atoms. The van der Waals surface area contributed by atoms with Crippen molar-refractivity contribution < 1.29 is 10.2 Å². The Morgan fingerprint density at radius 1 is 1.37 bits per heavy atom. The van der Waals surface area contributed by atoms with Gasteiger partial charge in [0.25, 0.3) is 0 Å². The predicted molar refractivity (Wildman–Crippen MR) is 77.0 cm³/mol. The van der Waals surface area contributed by atoms with Crippen LogP contribution in [0.3, 0.4) is 0 Å². The quantitative estimate of drug-likeness (QED) is 0.892. The summed E-state index contributed by atoms with van der Waals surface area (Å²) in [7, 11) is 0. The lowest BCUT2D eigenvalue weighted by Gasteiger charge is -2.34. The molecule has 5 heteroatoms. The number of hydrogen-bond donors (Lipinski definition) is 2. The largest absolute Gasteiger partial charge is 0.393 e. The van der Waals surface area contributed by atoms with Crippen molar-refractivity contribution in [2.24, 2.45) is 0 Å². The van der Waals surface area contributed by atoms with Gasteiger partial charge in [-0.25, -0.2) is 0 Å². The van der Waals surface area contributed by atoms with Crippen LogP contribution in [0.1, 0.15) is 31.7 Å². The lowest BCUT2D eigenvalue weighted by molar-refractivity contribution is -0.0510. The van der Waals surface area contributed by atoms with Crippen LogP contribution in [0, 0.1) is 0 Å². The number of hydrogen-bond acceptors (Lipinski definition) is 3. The number of nitrogens with zero attached hydrogens (tertiary/aromatic N) is 2. The fourth-order valence-corrected chi connectivity index (χ4v) is 3.14. The molecule has 0 unspecified atom stereocenters. The standard InChI is InChI=1S/C14H17BrN2O2/c15-11-1-2-13-10(7-11)8-17(16-13)12-3-5-14(19,9-18)6-4-12/h1-2,7-8,12,18-19H,3-6,9H2/t12-,14+. The van der Waals surface area contributed by atoms with Gasteiger partial charge in [-0.05, 0) is 43.9 Å². The highest BCUT2D eigenvalue weighted by molar-refractivity contribution is 9.10. The highest BCUT2D eigenvalue weighted by Gasteiger charge is 2.33. The third-order valence-electron chi connectivity index (χ3n) is 4.04. The summed E-state index contributed by atoms with van der Waals surface area (Å²) >= 11 is 3.46. The van der Waals surface area contributed by atoms with Gasteiger partial charge in [-0.1, -0.05) is 15.9 Å². The zero-order valence-electron chi connectivity index (χ0n) is 10.6. The van der Waals surface area contributed by atoms with E-state index < -0.39 is 5.60 Å². The van der Waals surface area contributed by atoms with Crippen molar-refractivity contribution in [3.05, 3.63) is 28.9 Å². The summed E-state index contributed by atoms with van der Waals surface area (Å²) in [5.41, 5.74) is 0.109. The summed E-state index contributed by atoms with van der Waals surface area (Å²) < 4.78 is 3.06. The van der Waals surface area contributed by atoms with Crippen molar-refractivity contribution in [3.63, 3.8) is 0 Å². The minimum Gasteiger partial charge on any atom is -0.393 e. The summed E-state index contributed by atoms with van der Waals surface area (Å²) in [4.78, 5) is 0. The Labute approximate surface area is 120 Å². The van der Waals surface area contributed by atoms with Gasteiger partial charge in [0.2, 0.25) is 0 Å². The number of aromatic nitrogens is 2. The lowest BCUT2D eigenvalue weighted by atomic mass is 9.83. The normalized spacial score (nSPS) is 27.8. The Kier molecular flexibility index (Phi) is 3.37. The molecule has 2 aromatic rings. The Morgan fingerprint density at radius 2 is 2.11 bits per heavy atom. The molecule has 1 aliphatic carbocycles. The van der Waals surface area contributed by atoms with E-state index in [-0.39, 0.29) is 6.61 Å². The fourth-order valence-electron chi connectivity index (χ4n) is 2.77. The monoisotopic (exact) mass is 324 g/mol. The van der Waals surface area contributed by atoms with Crippen LogP contribution in [0.4, 0.5) is 0 Å². The van der Waals surface area contributed by atoms with Crippen molar-refractivity contribution in [2.45, 2.75) is 37.3 Å². The van der Waals surface area contributed by atoms with Crippen LogP contribution >= 0.6 is 15.9 Å². The second-order valence-electron chi connectivity index (χ2n) is 5.43. The van der Waals surface area contributed by atoms with Crippen molar-refractivity contribution in [1.82, 2.24) is 9.78 Å². The molecule has 1 aliphatic rings. The first-order valence-electron chi connectivity index (χ1n) is 6.57. The van der Waals surface area contributed by atoms with Crippen LogP contribution < -0.4 is 0 Å².